The van der Waals surface area contributed by atoms with Crippen LogP contribution in [0.1, 0.15) is 78.1 Å². The van der Waals surface area contributed by atoms with Gasteiger partial charge in [-0.2, -0.15) is 0 Å². The maximum atomic E-state index is 11.8. The van der Waals surface area contributed by atoms with Crippen LogP contribution in [0.25, 0.3) is 0 Å². The van der Waals surface area contributed by atoms with Crippen LogP contribution in [0.3, 0.4) is 0 Å². The third-order valence-corrected chi connectivity index (χ3v) is 5.46. The Balaban J connectivity index is 4.38. The summed E-state index contributed by atoms with van der Waals surface area (Å²) in [5.41, 5.74) is 0. The molecule has 0 saturated carbocycles. The summed E-state index contributed by atoms with van der Waals surface area (Å²) in [6.45, 7) is 11.7. The Labute approximate surface area is 173 Å². The Morgan fingerprint density at radius 2 is 1.50 bits per heavy atom. The molecule has 0 aromatic rings. The number of rotatable bonds is 18. The Morgan fingerprint density at radius 1 is 0.929 bits per heavy atom. The summed E-state index contributed by atoms with van der Waals surface area (Å²) in [6.07, 6.45) is 13.1. The number of esters is 1. The number of hydrogen-bond acceptors (Lipinski definition) is 3. The highest BCUT2D eigenvalue weighted by Crippen LogP contribution is 2.13. The second kappa shape index (κ2) is 16.6. The number of carbonyl (C=O) groups is 2. The van der Waals surface area contributed by atoms with Gasteiger partial charge in [-0.25, -0.2) is 0 Å². The van der Waals surface area contributed by atoms with E-state index in [1.54, 1.807) is 4.90 Å². The highest BCUT2D eigenvalue weighted by Gasteiger charge is 2.22. The lowest BCUT2D eigenvalue weighted by Gasteiger charge is -2.36. The molecule has 0 aromatic heterocycles. The summed E-state index contributed by atoms with van der Waals surface area (Å²) in [7, 11) is 4.07. The van der Waals surface area contributed by atoms with Crippen molar-refractivity contribution < 1.29 is 18.8 Å². The van der Waals surface area contributed by atoms with Gasteiger partial charge in [-0.05, 0) is 25.8 Å². The van der Waals surface area contributed by atoms with Crippen LogP contribution >= 0.6 is 0 Å². The Morgan fingerprint density at radius 3 is 2.07 bits per heavy atom. The van der Waals surface area contributed by atoms with E-state index >= 15 is 0 Å². The van der Waals surface area contributed by atoms with Crippen LogP contribution in [0.2, 0.25) is 0 Å². The van der Waals surface area contributed by atoms with Crippen LogP contribution in [-0.4, -0.2) is 68.1 Å². The largest absolute Gasteiger partial charge is 0.466 e. The van der Waals surface area contributed by atoms with Crippen molar-refractivity contribution in [3.8, 4) is 0 Å². The fraction of sp³-hybridized carbons (Fsp3) is 0.826. The van der Waals surface area contributed by atoms with E-state index in [1.807, 2.05) is 14.0 Å². The number of ether oxygens (including phenoxy) is 1. The molecule has 5 nitrogen and oxygen atoms in total. The standard InChI is InChI=1S/C23H45N2O3/c1-6-9-10-11-12-13-14-15-19-25(5,20-16-17-23(27)28-8-3)21-18-24(4)22(26)7-2/h7H,2,6,8-21H2,1,3-5H3/q+1. The molecule has 1 atom stereocenters. The zero-order chi connectivity index (χ0) is 21.3. The van der Waals surface area contributed by atoms with Gasteiger partial charge in [-0.3, -0.25) is 9.59 Å². The molecule has 5 heteroatoms. The van der Waals surface area contributed by atoms with E-state index in [0.717, 1.165) is 30.5 Å². The molecule has 0 aliphatic rings. The molecule has 0 rings (SSSR count). The minimum absolute atomic E-state index is 0.0369. The van der Waals surface area contributed by atoms with Gasteiger partial charge < -0.3 is 14.1 Å². The third kappa shape index (κ3) is 13.8. The fourth-order valence-corrected chi connectivity index (χ4v) is 3.46. The molecule has 0 fully saturated rings. The van der Waals surface area contributed by atoms with Gasteiger partial charge in [0, 0.05) is 13.5 Å². The van der Waals surface area contributed by atoms with Crippen molar-refractivity contribution >= 4 is 11.9 Å². The molecular formula is C23H45N2O3+. The smallest absolute Gasteiger partial charge is 0.305 e. The first-order valence-corrected chi connectivity index (χ1v) is 11.2. The fourth-order valence-electron chi connectivity index (χ4n) is 3.46. The number of unbranched alkanes of at least 4 members (excludes halogenated alkanes) is 7. The number of hydrogen-bond donors (Lipinski definition) is 0. The molecule has 0 aromatic carbocycles. The van der Waals surface area contributed by atoms with Crippen molar-refractivity contribution in [2.75, 3.05) is 46.9 Å². The SMILES string of the molecule is C=CC(=O)N(C)CC[N+](C)(CCCCCCCCCC)CCCC(=O)OCC. The predicted molar refractivity (Wildman–Crippen MR) is 117 cm³/mol. The molecule has 0 saturated heterocycles. The van der Waals surface area contributed by atoms with Gasteiger partial charge in [-0.15, -0.1) is 0 Å². The zero-order valence-corrected chi connectivity index (χ0v) is 19.0. The molecule has 0 radical (unpaired) electrons. The van der Waals surface area contributed by atoms with Gasteiger partial charge in [0.25, 0.3) is 0 Å². The van der Waals surface area contributed by atoms with Gasteiger partial charge >= 0.3 is 5.97 Å². The second-order valence-corrected chi connectivity index (χ2v) is 8.14. The summed E-state index contributed by atoms with van der Waals surface area (Å²) in [6, 6.07) is 0. The third-order valence-electron chi connectivity index (χ3n) is 5.46. The average molecular weight is 398 g/mol. The van der Waals surface area contributed by atoms with Crippen molar-refractivity contribution in [2.24, 2.45) is 0 Å². The van der Waals surface area contributed by atoms with E-state index in [9.17, 15) is 9.59 Å². The van der Waals surface area contributed by atoms with Gasteiger partial charge in [0.1, 0.15) is 0 Å². The molecule has 0 aliphatic carbocycles. The summed E-state index contributed by atoms with van der Waals surface area (Å²) in [4.78, 5) is 25.1. The maximum absolute atomic E-state index is 11.8. The molecule has 0 bridgehead atoms. The summed E-state index contributed by atoms with van der Waals surface area (Å²) >= 11 is 0. The van der Waals surface area contributed by atoms with Gasteiger partial charge in [0.05, 0.1) is 46.3 Å². The van der Waals surface area contributed by atoms with Gasteiger partial charge in [0.2, 0.25) is 5.91 Å². The first-order chi connectivity index (χ1) is 13.4. The molecular weight excluding hydrogens is 352 g/mol. The van der Waals surface area contributed by atoms with E-state index in [4.69, 9.17) is 4.74 Å². The molecule has 0 heterocycles. The van der Waals surface area contributed by atoms with E-state index in [2.05, 4.69) is 20.6 Å². The van der Waals surface area contributed by atoms with Crippen LogP contribution < -0.4 is 0 Å². The van der Waals surface area contributed by atoms with Crippen molar-refractivity contribution in [3.05, 3.63) is 12.7 Å². The lowest BCUT2D eigenvalue weighted by atomic mass is 10.1. The Kier molecular flexibility index (Phi) is 15.8. The normalized spacial score (nSPS) is 13.0. The monoisotopic (exact) mass is 397 g/mol. The van der Waals surface area contributed by atoms with Crippen LogP contribution in [0, 0.1) is 0 Å². The van der Waals surface area contributed by atoms with Crippen molar-refractivity contribution in [1.29, 1.82) is 0 Å². The lowest BCUT2D eigenvalue weighted by Crippen LogP contribution is -2.50. The van der Waals surface area contributed by atoms with Crippen LogP contribution in [-0.2, 0) is 14.3 Å². The van der Waals surface area contributed by atoms with Gasteiger partial charge in [0.15, 0.2) is 0 Å². The van der Waals surface area contributed by atoms with Crippen molar-refractivity contribution in [3.63, 3.8) is 0 Å². The molecule has 164 valence electrons. The van der Waals surface area contributed by atoms with Crippen LogP contribution in [0.4, 0.5) is 0 Å². The molecule has 28 heavy (non-hydrogen) atoms. The topological polar surface area (TPSA) is 46.6 Å². The molecule has 0 aliphatic heterocycles. The van der Waals surface area contributed by atoms with Crippen LogP contribution in [0.5, 0.6) is 0 Å². The number of quaternary nitrogens is 1. The number of nitrogens with zero attached hydrogens (tertiary/aromatic N) is 2. The Hall–Kier alpha value is -1.36. The van der Waals surface area contributed by atoms with Gasteiger partial charge in [-0.1, -0.05) is 52.0 Å². The zero-order valence-electron chi connectivity index (χ0n) is 19.0. The van der Waals surface area contributed by atoms with Crippen molar-refractivity contribution in [1.82, 2.24) is 4.90 Å². The van der Waals surface area contributed by atoms with E-state index in [0.29, 0.717) is 19.6 Å². The lowest BCUT2D eigenvalue weighted by molar-refractivity contribution is -0.909. The predicted octanol–water partition coefficient (Wildman–Crippen LogP) is 4.56. The summed E-state index contributed by atoms with van der Waals surface area (Å²) in [5, 5.41) is 0. The first-order valence-electron chi connectivity index (χ1n) is 11.2. The molecule has 0 N–H and O–H groups in total. The molecule has 0 spiro atoms. The average Bonchev–Trinajstić information content (AvgIpc) is 2.68. The highest BCUT2D eigenvalue weighted by atomic mass is 16.5. The number of carbonyl (C=O) groups excluding carboxylic acids is 2. The summed E-state index contributed by atoms with van der Waals surface area (Å²) < 4.78 is 5.94. The van der Waals surface area contributed by atoms with E-state index in [-0.39, 0.29) is 11.9 Å². The minimum atomic E-state index is -0.111. The highest BCUT2D eigenvalue weighted by molar-refractivity contribution is 5.86. The molecule has 1 amide bonds. The first kappa shape index (κ1) is 26.6. The number of amides is 1. The van der Waals surface area contributed by atoms with Crippen LogP contribution in [0.15, 0.2) is 12.7 Å². The second-order valence-electron chi connectivity index (χ2n) is 8.14. The summed E-state index contributed by atoms with van der Waals surface area (Å²) in [5.74, 6) is -0.148. The maximum Gasteiger partial charge on any atom is 0.305 e. The van der Waals surface area contributed by atoms with Crippen molar-refractivity contribution in [2.45, 2.75) is 78.1 Å². The minimum Gasteiger partial charge on any atom is -0.466 e. The molecule has 1 unspecified atom stereocenters. The van der Waals surface area contributed by atoms with E-state index < -0.39 is 0 Å². The quantitative estimate of drug-likeness (QED) is 0.147. The number of likely N-dealkylation sites (N-methyl/N-ethyl adjacent to an activating group) is 2. The van der Waals surface area contributed by atoms with E-state index in [1.165, 1.54) is 57.4 Å². The Bertz CT molecular complexity index is 440.